The summed E-state index contributed by atoms with van der Waals surface area (Å²) in [5.41, 5.74) is 0.0858. The molecule has 8 nitrogen and oxygen atoms in total. The van der Waals surface area contributed by atoms with Gasteiger partial charge in [-0.15, -0.1) is 0 Å². The predicted octanol–water partition coefficient (Wildman–Crippen LogP) is 2.15. The summed E-state index contributed by atoms with van der Waals surface area (Å²) < 4.78 is 26.5. The normalized spacial score (nSPS) is 11.1. The third-order valence-corrected chi connectivity index (χ3v) is 4.12. The fourth-order valence-corrected chi connectivity index (χ4v) is 2.70. The van der Waals surface area contributed by atoms with Crippen molar-refractivity contribution in [1.29, 1.82) is 0 Å². The molecule has 0 aliphatic rings. The molecule has 1 aromatic heterocycles. The Morgan fingerprint density at radius 3 is 2.62 bits per heavy atom. The van der Waals surface area contributed by atoms with E-state index in [0.29, 0.717) is 5.56 Å². The highest BCUT2D eigenvalue weighted by atomic mass is 35.5. The van der Waals surface area contributed by atoms with Crippen molar-refractivity contribution < 1.29 is 13.3 Å². The maximum atomic E-state index is 12.2. The zero-order valence-corrected chi connectivity index (χ0v) is 12.2. The Hall–Kier alpha value is -2.26. The molecule has 2 rings (SSSR count). The third-order valence-electron chi connectivity index (χ3n) is 2.56. The van der Waals surface area contributed by atoms with E-state index in [1.807, 2.05) is 0 Å². The molecule has 0 amide bonds. The Labute approximate surface area is 125 Å². The summed E-state index contributed by atoms with van der Waals surface area (Å²) in [6, 6.07) is 4.84. The fourth-order valence-electron chi connectivity index (χ4n) is 1.54. The molecule has 0 fully saturated rings. The summed E-state index contributed by atoms with van der Waals surface area (Å²) in [6.07, 6.45) is 1.10. The van der Waals surface area contributed by atoms with Gasteiger partial charge in [-0.2, -0.15) is 0 Å². The van der Waals surface area contributed by atoms with Gasteiger partial charge in [-0.1, -0.05) is 17.7 Å². The fraction of sp³-hybridized carbons (Fsp3) is 0.0909. The van der Waals surface area contributed by atoms with Crippen LogP contribution >= 0.6 is 11.6 Å². The lowest BCUT2D eigenvalue weighted by Crippen LogP contribution is -2.14. The van der Waals surface area contributed by atoms with Crippen LogP contribution in [0, 0.1) is 17.0 Å². The lowest BCUT2D eigenvalue weighted by atomic mass is 10.2. The van der Waals surface area contributed by atoms with Gasteiger partial charge in [0.2, 0.25) is 0 Å². The predicted molar refractivity (Wildman–Crippen MR) is 75.7 cm³/mol. The Kier molecular flexibility index (Phi) is 4.05. The summed E-state index contributed by atoms with van der Waals surface area (Å²) in [6.45, 7) is 1.52. The average molecular weight is 329 g/mol. The highest BCUT2D eigenvalue weighted by molar-refractivity contribution is 7.92. The molecule has 2 aromatic rings. The van der Waals surface area contributed by atoms with Gasteiger partial charge in [-0.3, -0.25) is 14.8 Å². The van der Waals surface area contributed by atoms with Gasteiger partial charge in [0.25, 0.3) is 15.7 Å². The van der Waals surface area contributed by atoms with E-state index in [9.17, 15) is 18.5 Å². The van der Waals surface area contributed by atoms with Crippen LogP contribution in [-0.4, -0.2) is 23.3 Å². The molecule has 10 heteroatoms. The van der Waals surface area contributed by atoms with Gasteiger partial charge in [0.15, 0.2) is 0 Å². The van der Waals surface area contributed by atoms with Crippen LogP contribution in [0.5, 0.6) is 0 Å². The molecule has 0 aliphatic carbocycles. The highest BCUT2D eigenvalue weighted by Gasteiger charge is 2.20. The standard InChI is InChI=1S/C11H9ClN4O4S/c1-7-2-3-8(4-9(7)16(17)18)21(19,20)15-11-5-10(12)13-6-14-11/h2-6H,1H3,(H,13,14,15). The van der Waals surface area contributed by atoms with Gasteiger partial charge in [0.05, 0.1) is 9.82 Å². The van der Waals surface area contributed by atoms with Crippen LogP contribution in [0.4, 0.5) is 11.5 Å². The molecule has 0 saturated heterocycles. The van der Waals surface area contributed by atoms with Gasteiger partial charge in [0.1, 0.15) is 17.3 Å². The number of nitro groups is 1. The number of nitrogens with one attached hydrogen (secondary N) is 1. The minimum absolute atomic E-state index is 0.0294. The van der Waals surface area contributed by atoms with Crippen LogP contribution in [0.25, 0.3) is 0 Å². The van der Waals surface area contributed by atoms with E-state index in [1.165, 1.54) is 25.1 Å². The molecular formula is C11H9ClN4O4S. The average Bonchev–Trinajstić information content (AvgIpc) is 2.38. The monoisotopic (exact) mass is 328 g/mol. The second-order valence-electron chi connectivity index (χ2n) is 4.04. The quantitative estimate of drug-likeness (QED) is 0.522. The van der Waals surface area contributed by atoms with Gasteiger partial charge >= 0.3 is 0 Å². The largest absolute Gasteiger partial charge is 0.273 e. The van der Waals surface area contributed by atoms with E-state index in [0.717, 1.165) is 12.4 Å². The lowest BCUT2D eigenvalue weighted by molar-refractivity contribution is -0.385. The van der Waals surface area contributed by atoms with Crippen LogP contribution in [0.3, 0.4) is 0 Å². The number of anilines is 1. The van der Waals surface area contributed by atoms with Crippen molar-refractivity contribution in [3.05, 3.63) is 51.4 Å². The third kappa shape index (κ3) is 3.44. The van der Waals surface area contributed by atoms with Crippen LogP contribution in [-0.2, 0) is 10.0 Å². The SMILES string of the molecule is Cc1ccc(S(=O)(=O)Nc2cc(Cl)ncn2)cc1[N+](=O)[O-]. The molecule has 1 aromatic carbocycles. The van der Waals surface area contributed by atoms with Crippen LogP contribution in [0.1, 0.15) is 5.56 Å². The first-order valence-corrected chi connectivity index (χ1v) is 7.41. The van der Waals surface area contributed by atoms with E-state index in [2.05, 4.69) is 14.7 Å². The van der Waals surface area contributed by atoms with E-state index >= 15 is 0 Å². The van der Waals surface area contributed by atoms with Gasteiger partial charge in [0, 0.05) is 17.7 Å². The molecular weight excluding hydrogens is 320 g/mol. The van der Waals surface area contributed by atoms with Crippen molar-refractivity contribution in [2.24, 2.45) is 0 Å². The smallest absolute Gasteiger partial charge is 0.263 e. The van der Waals surface area contributed by atoms with E-state index in [-0.39, 0.29) is 21.6 Å². The first-order chi connectivity index (χ1) is 9.79. The van der Waals surface area contributed by atoms with Gasteiger partial charge in [-0.25, -0.2) is 18.4 Å². The molecule has 0 aliphatic heterocycles. The number of hydrogen-bond acceptors (Lipinski definition) is 6. The summed E-state index contributed by atoms with van der Waals surface area (Å²) >= 11 is 5.63. The number of benzene rings is 1. The maximum Gasteiger partial charge on any atom is 0.273 e. The van der Waals surface area contributed by atoms with E-state index in [4.69, 9.17) is 11.6 Å². The Morgan fingerprint density at radius 1 is 1.29 bits per heavy atom. The van der Waals surface area contributed by atoms with Crippen molar-refractivity contribution in [1.82, 2.24) is 9.97 Å². The van der Waals surface area contributed by atoms with Crippen molar-refractivity contribution in [3.63, 3.8) is 0 Å². The Morgan fingerprint density at radius 2 is 2.00 bits per heavy atom. The molecule has 0 bridgehead atoms. The second kappa shape index (κ2) is 5.62. The van der Waals surface area contributed by atoms with E-state index in [1.54, 1.807) is 0 Å². The van der Waals surface area contributed by atoms with Gasteiger partial charge in [-0.05, 0) is 13.0 Å². The minimum atomic E-state index is -4.01. The number of aryl methyl sites for hydroxylation is 1. The zero-order chi connectivity index (χ0) is 15.6. The molecule has 0 saturated carbocycles. The molecule has 0 unspecified atom stereocenters. The molecule has 0 spiro atoms. The highest BCUT2D eigenvalue weighted by Crippen LogP contribution is 2.23. The van der Waals surface area contributed by atoms with Crippen LogP contribution in [0.2, 0.25) is 5.15 Å². The molecule has 1 N–H and O–H groups in total. The molecule has 1 heterocycles. The summed E-state index contributed by atoms with van der Waals surface area (Å²) in [7, 11) is -4.01. The first-order valence-electron chi connectivity index (χ1n) is 5.55. The maximum absolute atomic E-state index is 12.2. The summed E-state index contributed by atoms with van der Waals surface area (Å²) in [5, 5.41) is 10.9. The molecule has 0 atom stereocenters. The topological polar surface area (TPSA) is 115 Å². The number of nitrogens with zero attached hydrogens (tertiary/aromatic N) is 3. The second-order valence-corrected chi connectivity index (χ2v) is 6.11. The number of aromatic nitrogens is 2. The lowest BCUT2D eigenvalue weighted by Gasteiger charge is -2.07. The molecule has 0 radical (unpaired) electrons. The van der Waals surface area contributed by atoms with Crippen molar-refractivity contribution >= 4 is 33.1 Å². The summed E-state index contributed by atoms with van der Waals surface area (Å²) in [5.74, 6) is -0.0294. The number of rotatable bonds is 4. The Bertz CT molecular complexity index is 810. The molecule has 110 valence electrons. The number of sulfonamides is 1. The van der Waals surface area contributed by atoms with Crippen molar-refractivity contribution in [2.75, 3.05) is 4.72 Å². The van der Waals surface area contributed by atoms with Crippen molar-refractivity contribution in [2.45, 2.75) is 11.8 Å². The van der Waals surface area contributed by atoms with Gasteiger partial charge < -0.3 is 0 Å². The number of nitro benzene ring substituents is 1. The van der Waals surface area contributed by atoms with E-state index < -0.39 is 14.9 Å². The Balaban J connectivity index is 2.40. The van der Waals surface area contributed by atoms with Crippen molar-refractivity contribution in [3.8, 4) is 0 Å². The van der Waals surface area contributed by atoms with Crippen LogP contribution in [0.15, 0.2) is 35.5 Å². The summed E-state index contributed by atoms with van der Waals surface area (Å²) in [4.78, 5) is 17.3. The zero-order valence-electron chi connectivity index (χ0n) is 10.6. The minimum Gasteiger partial charge on any atom is -0.263 e. The molecule has 21 heavy (non-hydrogen) atoms. The first kappa shape index (κ1) is 15.1. The number of halogens is 1. The van der Waals surface area contributed by atoms with Crippen LogP contribution < -0.4 is 4.72 Å². The number of hydrogen-bond donors (Lipinski definition) is 1.